The summed E-state index contributed by atoms with van der Waals surface area (Å²) in [6, 6.07) is 6.63. The monoisotopic (exact) mass is 342 g/mol. The summed E-state index contributed by atoms with van der Waals surface area (Å²) < 4.78 is 0. The molecule has 0 spiro atoms. The lowest BCUT2D eigenvalue weighted by molar-refractivity contribution is -0.132. The number of hydrogen-bond donors (Lipinski definition) is 3. The highest BCUT2D eigenvalue weighted by Crippen LogP contribution is 2.21. The number of carbonyl (C=O) groups excluding carboxylic acids is 3. The van der Waals surface area contributed by atoms with Gasteiger partial charge in [-0.05, 0) is 25.0 Å². The summed E-state index contributed by atoms with van der Waals surface area (Å²) in [5.74, 6) is -0.694. The molecule has 1 aromatic carbocycles. The number of benzene rings is 1. The van der Waals surface area contributed by atoms with Crippen LogP contribution in [0.2, 0.25) is 0 Å². The molecule has 1 aliphatic rings. The molecular weight excluding hydrogens is 320 g/mol. The molecule has 132 valence electrons. The number of urea groups is 1. The van der Waals surface area contributed by atoms with Crippen LogP contribution in [-0.2, 0) is 16.0 Å². The number of H-pyrrole nitrogens is 1. The second-order valence-electron chi connectivity index (χ2n) is 6.37. The molecule has 4 amide bonds. The summed E-state index contributed by atoms with van der Waals surface area (Å²) in [4.78, 5) is 40.7. The standard InChI is InChI=1S/C18H22N4O3/c1-3-11(2)20-16(23)10-22-17(24)15(21-18(22)25)8-12-9-19-14-7-5-4-6-13(12)14/h4-7,9,11,15,19H,3,8,10H2,1-2H3,(H,20,23)(H,21,25). The number of fused-ring (bicyclic) bond motifs is 1. The molecule has 7 nitrogen and oxygen atoms in total. The fourth-order valence-electron chi connectivity index (χ4n) is 2.95. The van der Waals surface area contributed by atoms with Crippen molar-refractivity contribution < 1.29 is 14.4 Å². The van der Waals surface area contributed by atoms with Crippen LogP contribution in [0.1, 0.15) is 25.8 Å². The van der Waals surface area contributed by atoms with Gasteiger partial charge in [-0.2, -0.15) is 0 Å². The van der Waals surface area contributed by atoms with Crippen molar-refractivity contribution in [3.05, 3.63) is 36.0 Å². The molecular formula is C18H22N4O3. The van der Waals surface area contributed by atoms with Crippen LogP contribution in [0.4, 0.5) is 4.79 Å². The molecule has 2 unspecified atom stereocenters. The summed E-state index contributed by atoms with van der Waals surface area (Å²) in [5, 5.41) is 6.46. The Bertz CT molecular complexity index is 814. The van der Waals surface area contributed by atoms with Crippen LogP contribution >= 0.6 is 0 Å². The summed E-state index contributed by atoms with van der Waals surface area (Å²) in [6.07, 6.45) is 3.02. The van der Waals surface area contributed by atoms with Gasteiger partial charge in [0, 0.05) is 29.6 Å². The van der Waals surface area contributed by atoms with Gasteiger partial charge >= 0.3 is 6.03 Å². The molecule has 1 fully saturated rings. The average Bonchev–Trinajstić information content (AvgIpc) is 3.11. The molecule has 3 N–H and O–H groups in total. The predicted molar refractivity (Wildman–Crippen MR) is 93.9 cm³/mol. The second kappa shape index (κ2) is 6.96. The van der Waals surface area contributed by atoms with Crippen molar-refractivity contribution in [2.75, 3.05) is 6.54 Å². The Balaban J connectivity index is 1.68. The summed E-state index contributed by atoms with van der Waals surface area (Å²) in [6.45, 7) is 3.58. The number of amides is 4. The maximum atomic E-state index is 12.5. The van der Waals surface area contributed by atoms with Gasteiger partial charge in [0.05, 0.1) is 0 Å². The fraction of sp³-hybridized carbons (Fsp3) is 0.389. The lowest BCUT2D eigenvalue weighted by Crippen LogP contribution is -2.43. The van der Waals surface area contributed by atoms with E-state index in [0.29, 0.717) is 6.42 Å². The number of para-hydroxylation sites is 1. The maximum absolute atomic E-state index is 12.5. The van der Waals surface area contributed by atoms with E-state index in [-0.39, 0.29) is 24.4 Å². The van der Waals surface area contributed by atoms with E-state index in [4.69, 9.17) is 0 Å². The molecule has 1 aromatic heterocycles. The third kappa shape index (κ3) is 3.50. The van der Waals surface area contributed by atoms with E-state index in [9.17, 15) is 14.4 Å². The van der Waals surface area contributed by atoms with Gasteiger partial charge in [0.2, 0.25) is 5.91 Å². The van der Waals surface area contributed by atoms with Crippen LogP contribution in [0.15, 0.2) is 30.5 Å². The molecule has 7 heteroatoms. The highest BCUT2D eigenvalue weighted by molar-refractivity contribution is 6.06. The van der Waals surface area contributed by atoms with E-state index in [2.05, 4.69) is 15.6 Å². The first-order valence-corrected chi connectivity index (χ1v) is 8.45. The number of hydrogen-bond acceptors (Lipinski definition) is 3. The van der Waals surface area contributed by atoms with E-state index in [1.54, 1.807) is 0 Å². The quantitative estimate of drug-likeness (QED) is 0.695. The largest absolute Gasteiger partial charge is 0.361 e. The average molecular weight is 342 g/mol. The minimum Gasteiger partial charge on any atom is -0.361 e. The molecule has 2 aromatic rings. The Morgan fingerprint density at radius 3 is 2.84 bits per heavy atom. The molecule has 3 rings (SSSR count). The van der Waals surface area contributed by atoms with Crippen LogP contribution < -0.4 is 10.6 Å². The van der Waals surface area contributed by atoms with Crippen molar-refractivity contribution in [1.29, 1.82) is 0 Å². The van der Waals surface area contributed by atoms with Crippen molar-refractivity contribution in [2.45, 2.75) is 38.8 Å². The smallest absolute Gasteiger partial charge is 0.325 e. The lowest BCUT2D eigenvalue weighted by atomic mass is 10.1. The topological polar surface area (TPSA) is 94.3 Å². The van der Waals surface area contributed by atoms with Crippen LogP contribution in [-0.4, -0.2) is 46.4 Å². The van der Waals surface area contributed by atoms with Crippen molar-refractivity contribution >= 4 is 28.7 Å². The van der Waals surface area contributed by atoms with Gasteiger partial charge in [-0.1, -0.05) is 25.1 Å². The van der Waals surface area contributed by atoms with Crippen LogP contribution in [0, 0.1) is 0 Å². The van der Waals surface area contributed by atoms with Crippen molar-refractivity contribution in [3.8, 4) is 0 Å². The first-order valence-electron chi connectivity index (χ1n) is 8.45. The number of imide groups is 1. The third-order valence-corrected chi connectivity index (χ3v) is 4.53. The van der Waals surface area contributed by atoms with E-state index >= 15 is 0 Å². The minimum atomic E-state index is -0.650. The fourth-order valence-corrected chi connectivity index (χ4v) is 2.95. The van der Waals surface area contributed by atoms with E-state index < -0.39 is 12.1 Å². The number of aromatic amines is 1. The van der Waals surface area contributed by atoms with Crippen molar-refractivity contribution in [3.63, 3.8) is 0 Å². The molecule has 0 bridgehead atoms. The van der Waals surface area contributed by atoms with Crippen LogP contribution in [0.25, 0.3) is 10.9 Å². The van der Waals surface area contributed by atoms with Gasteiger partial charge in [-0.3, -0.25) is 14.5 Å². The summed E-state index contributed by atoms with van der Waals surface area (Å²) in [7, 11) is 0. The van der Waals surface area contributed by atoms with E-state index in [1.165, 1.54) is 0 Å². The normalized spacial score (nSPS) is 18.5. The van der Waals surface area contributed by atoms with Gasteiger partial charge < -0.3 is 15.6 Å². The molecule has 2 atom stereocenters. The Labute approximate surface area is 145 Å². The number of carbonyl (C=O) groups is 3. The molecule has 0 radical (unpaired) electrons. The zero-order valence-corrected chi connectivity index (χ0v) is 14.3. The number of nitrogens with zero attached hydrogens (tertiary/aromatic N) is 1. The Morgan fingerprint density at radius 2 is 2.08 bits per heavy atom. The minimum absolute atomic E-state index is 0.00952. The van der Waals surface area contributed by atoms with Crippen molar-refractivity contribution in [2.24, 2.45) is 0 Å². The van der Waals surface area contributed by atoms with Gasteiger partial charge in [0.1, 0.15) is 12.6 Å². The summed E-state index contributed by atoms with van der Waals surface area (Å²) in [5.41, 5.74) is 1.94. The van der Waals surface area contributed by atoms with Gasteiger partial charge in [-0.15, -0.1) is 0 Å². The number of nitrogens with one attached hydrogen (secondary N) is 3. The van der Waals surface area contributed by atoms with Gasteiger partial charge in [-0.25, -0.2) is 4.79 Å². The maximum Gasteiger partial charge on any atom is 0.325 e. The van der Waals surface area contributed by atoms with Crippen LogP contribution in [0.5, 0.6) is 0 Å². The molecule has 0 saturated carbocycles. The first kappa shape index (κ1) is 17.0. The molecule has 1 saturated heterocycles. The third-order valence-electron chi connectivity index (χ3n) is 4.53. The molecule has 0 aliphatic carbocycles. The van der Waals surface area contributed by atoms with E-state index in [1.807, 2.05) is 44.3 Å². The number of aromatic nitrogens is 1. The Morgan fingerprint density at radius 1 is 1.32 bits per heavy atom. The van der Waals surface area contributed by atoms with Gasteiger partial charge in [0.15, 0.2) is 0 Å². The molecule has 2 heterocycles. The first-order chi connectivity index (χ1) is 12.0. The lowest BCUT2D eigenvalue weighted by Gasteiger charge is -2.15. The molecule has 1 aliphatic heterocycles. The second-order valence-corrected chi connectivity index (χ2v) is 6.37. The Hall–Kier alpha value is -2.83. The van der Waals surface area contributed by atoms with Gasteiger partial charge in [0.25, 0.3) is 5.91 Å². The van der Waals surface area contributed by atoms with Crippen LogP contribution in [0.3, 0.4) is 0 Å². The van der Waals surface area contributed by atoms with Crippen molar-refractivity contribution in [1.82, 2.24) is 20.5 Å². The highest BCUT2D eigenvalue weighted by Gasteiger charge is 2.39. The van der Waals surface area contributed by atoms with E-state index in [0.717, 1.165) is 27.8 Å². The number of rotatable bonds is 6. The summed E-state index contributed by atoms with van der Waals surface area (Å²) >= 11 is 0. The highest BCUT2D eigenvalue weighted by atomic mass is 16.2. The SMILES string of the molecule is CCC(C)NC(=O)CN1C(=O)NC(Cc2c[nH]c3ccccc23)C1=O. The Kier molecular flexibility index (Phi) is 4.74. The zero-order valence-electron chi connectivity index (χ0n) is 14.3. The molecule has 25 heavy (non-hydrogen) atoms. The zero-order chi connectivity index (χ0) is 18.0. The predicted octanol–water partition coefficient (Wildman–Crippen LogP) is 1.55.